The van der Waals surface area contributed by atoms with E-state index in [9.17, 15) is 0 Å². The molecule has 0 amide bonds. The molecule has 1 unspecified atom stereocenters. The molecule has 0 saturated heterocycles. The molecule has 1 aliphatic carbocycles. The first-order valence-corrected chi connectivity index (χ1v) is 9.73. The maximum Gasteiger partial charge on any atom is 0.0780 e. The molecule has 1 aromatic rings. The second-order valence-corrected chi connectivity index (χ2v) is 11.2. The molecule has 1 heteroatoms. The Kier molecular flexibility index (Phi) is 2.83. The van der Waals surface area contributed by atoms with Gasteiger partial charge in [-0.15, -0.1) is 0 Å². The maximum absolute atomic E-state index is 2.54. The normalized spacial score (nSPS) is 19.9. The number of rotatable bonds is 2. The van der Waals surface area contributed by atoms with Crippen LogP contribution in [0, 0.1) is 5.92 Å². The van der Waals surface area contributed by atoms with E-state index >= 15 is 0 Å². The third-order valence-electron chi connectivity index (χ3n) is 3.48. The Balaban J connectivity index is 2.54. The molecule has 1 aliphatic rings. The molecule has 0 bridgehead atoms. The zero-order valence-electron chi connectivity index (χ0n) is 11.0. The minimum atomic E-state index is -1.20. The second-order valence-electron chi connectivity index (χ2n) is 6.19. The predicted molar refractivity (Wildman–Crippen MR) is 75.3 cm³/mol. The van der Waals surface area contributed by atoms with Crippen LogP contribution in [-0.4, -0.2) is 8.07 Å². The van der Waals surface area contributed by atoms with Crippen LogP contribution in [0.25, 0.3) is 5.20 Å². The van der Waals surface area contributed by atoms with Gasteiger partial charge in [0.25, 0.3) is 0 Å². The molecule has 0 heterocycles. The van der Waals surface area contributed by atoms with E-state index in [2.05, 4.69) is 63.8 Å². The molecule has 86 valence electrons. The standard InChI is InChI=1S/C15H22Si/c1-11(2)14-10-15(16(3,4)5)13-9-7-6-8-12(13)14/h6-11,14H,1-5H3. The van der Waals surface area contributed by atoms with Gasteiger partial charge in [-0.3, -0.25) is 0 Å². The van der Waals surface area contributed by atoms with Gasteiger partial charge in [-0.1, -0.05) is 69.0 Å². The van der Waals surface area contributed by atoms with Gasteiger partial charge in [-0.05, 0) is 17.0 Å². The Bertz CT molecular complexity index is 421. The molecule has 0 aliphatic heterocycles. The highest BCUT2D eigenvalue weighted by molar-refractivity contribution is 6.93. The van der Waals surface area contributed by atoms with E-state index in [-0.39, 0.29) is 0 Å². The summed E-state index contributed by atoms with van der Waals surface area (Å²) in [4.78, 5) is 0. The van der Waals surface area contributed by atoms with Gasteiger partial charge in [0, 0.05) is 5.92 Å². The van der Waals surface area contributed by atoms with Gasteiger partial charge in [0.05, 0.1) is 8.07 Å². The van der Waals surface area contributed by atoms with Gasteiger partial charge in [-0.2, -0.15) is 0 Å². The van der Waals surface area contributed by atoms with Crippen molar-refractivity contribution in [2.75, 3.05) is 0 Å². The Morgan fingerprint density at radius 1 is 1.06 bits per heavy atom. The lowest BCUT2D eigenvalue weighted by molar-refractivity contribution is 0.584. The number of allylic oxidation sites excluding steroid dienone is 1. The van der Waals surface area contributed by atoms with E-state index in [1.165, 1.54) is 5.56 Å². The average molecular weight is 230 g/mol. The highest BCUT2D eigenvalue weighted by Gasteiger charge is 2.31. The first kappa shape index (κ1) is 11.7. The first-order valence-electron chi connectivity index (χ1n) is 6.23. The fourth-order valence-electron chi connectivity index (χ4n) is 2.60. The lowest BCUT2D eigenvalue weighted by atomic mass is 9.90. The zero-order chi connectivity index (χ0) is 11.9. The van der Waals surface area contributed by atoms with Crippen LogP contribution in [0.1, 0.15) is 30.9 Å². The number of benzene rings is 1. The van der Waals surface area contributed by atoms with Gasteiger partial charge in [-0.25, -0.2) is 0 Å². The Morgan fingerprint density at radius 3 is 2.25 bits per heavy atom. The van der Waals surface area contributed by atoms with Crippen molar-refractivity contribution < 1.29 is 0 Å². The Labute approximate surface area is 100 Å². The van der Waals surface area contributed by atoms with Crippen LogP contribution in [-0.2, 0) is 0 Å². The number of hydrogen-bond donors (Lipinski definition) is 0. The van der Waals surface area contributed by atoms with Gasteiger partial charge < -0.3 is 0 Å². The fourth-order valence-corrected chi connectivity index (χ4v) is 4.31. The molecule has 16 heavy (non-hydrogen) atoms. The van der Waals surface area contributed by atoms with Crippen LogP contribution in [0.3, 0.4) is 0 Å². The SMILES string of the molecule is CC(C)C1C=C([Si](C)(C)C)c2ccccc21. The average Bonchev–Trinajstić information content (AvgIpc) is 2.56. The number of fused-ring (bicyclic) bond motifs is 1. The predicted octanol–water partition coefficient (Wildman–Crippen LogP) is 4.70. The molecule has 0 fully saturated rings. The Hall–Kier alpha value is -0.823. The summed E-state index contributed by atoms with van der Waals surface area (Å²) in [7, 11) is -1.20. The van der Waals surface area contributed by atoms with Crippen LogP contribution in [0.15, 0.2) is 30.3 Å². The van der Waals surface area contributed by atoms with Crippen LogP contribution in [0.5, 0.6) is 0 Å². The zero-order valence-corrected chi connectivity index (χ0v) is 12.0. The molecule has 1 atom stereocenters. The highest BCUT2D eigenvalue weighted by Crippen LogP contribution is 2.43. The molecule has 2 rings (SSSR count). The largest absolute Gasteiger partial charge is 0.0780 e. The summed E-state index contributed by atoms with van der Waals surface area (Å²) < 4.78 is 0. The van der Waals surface area contributed by atoms with E-state index in [0.717, 1.165) is 0 Å². The third kappa shape index (κ3) is 1.89. The summed E-state index contributed by atoms with van der Waals surface area (Å²) in [5, 5.41) is 1.65. The van der Waals surface area contributed by atoms with E-state index in [4.69, 9.17) is 0 Å². The smallest absolute Gasteiger partial charge is 0.0769 e. The van der Waals surface area contributed by atoms with E-state index in [0.29, 0.717) is 11.8 Å². The minimum Gasteiger partial charge on any atom is -0.0769 e. The second kappa shape index (κ2) is 3.88. The van der Waals surface area contributed by atoms with Crippen molar-refractivity contribution in [2.45, 2.75) is 39.4 Å². The van der Waals surface area contributed by atoms with Crippen molar-refractivity contribution in [2.24, 2.45) is 5.92 Å². The lowest BCUT2D eigenvalue weighted by Gasteiger charge is -2.19. The molecule has 1 aromatic carbocycles. The van der Waals surface area contributed by atoms with Crippen molar-refractivity contribution in [3.05, 3.63) is 41.5 Å². The quantitative estimate of drug-likeness (QED) is 0.646. The van der Waals surface area contributed by atoms with E-state index in [1.807, 2.05) is 0 Å². The molecule has 0 radical (unpaired) electrons. The minimum absolute atomic E-state index is 0.637. The lowest BCUT2D eigenvalue weighted by Crippen LogP contribution is -2.21. The molecule has 0 N–H and O–H groups in total. The van der Waals surface area contributed by atoms with Gasteiger partial charge in [0.1, 0.15) is 0 Å². The molecule has 0 nitrogen and oxygen atoms in total. The van der Waals surface area contributed by atoms with Crippen LogP contribution in [0.4, 0.5) is 0 Å². The van der Waals surface area contributed by atoms with Crippen LogP contribution in [0.2, 0.25) is 19.6 Å². The Morgan fingerprint density at radius 2 is 1.69 bits per heavy atom. The summed E-state index contributed by atoms with van der Waals surface area (Å²) in [5.41, 5.74) is 3.08. The van der Waals surface area contributed by atoms with Crippen molar-refractivity contribution in [1.29, 1.82) is 0 Å². The van der Waals surface area contributed by atoms with Crippen molar-refractivity contribution in [1.82, 2.24) is 0 Å². The summed E-state index contributed by atoms with van der Waals surface area (Å²) in [6, 6.07) is 8.97. The van der Waals surface area contributed by atoms with E-state index < -0.39 is 8.07 Å². The molecule has 0 aromatic heterocycles. The maximum atomic E-state index is 2.54. The topological polar surface area (TPSA) is 0 Å². The fraction of sp³-hybridized carbons (Fsp3) is 0.467. The van der Waals surface area contributed by atoms with Crippen molar-refractivity contribution in [3.8, 4) is 0 Å². The molecular weight excluding hydrogens is 208 g/mol. The van der Waals surface area contributed by atoms with Gasteiger partial charge in [0.15, 0.2) is 0 Å². The molecule has 0 saturated carbocycles. The number of hydrogen-bond acceptors (Lipinski definition) is 0. The molecule has 0 spiro atoms. The van der Waals surface area contributed by atoms with Gasteiger partial charge in [0.2, 0.25) is 0 Å². The first-order chi connectivity index (χ1) is 7.41. The summed E-state index contributed by atoms with van der Waals surface area (Å²) >= 11 is 0. The van der Waals surface area contributed by atoms with Crippen molar-refractivity contribution >= 4 is 13.3 Å². The van der Waals surface area contributed by atoms with E-state index in [1.54, 1.807) is 10.8 Å². The monoisotopic (exact) mass is 230 g/mol. The summed E-state index contributed by atoms with van der Waals surface area (Å²) in [6.45, 7) is 12.0. The van der Waals surface area contributed by atoms with Crippen LogP contribution >= 0.6 is 0 Å². The van der Waals surface area contributed by atoms with Crippen LogP contribution < -0.4 is 0 Å². The van der Waals surface area contributed by atoms with Crippen molar-refractivity contribution in [3.63, 3.8) is 0 Å². The summed E-state index contributed by atoms with van der Waals surface area (Å²) in [6.07, 6.45) is 2.54. The highest BCUT2D eigenvalue weighted by atomic mass is 28.3. The summed E-state index contributed by atoms with van der Waals surface area (Å²) in [5.74, 6) is 1.34. The van der Waals surface area contributed by atoms with Gasteiger partial charge >= 0.3 is 0 Å². The molecular formula is C15H22Si. The third-order valence-corrected chi connectivity index (χ3v) is 5.53.